The molecule has 0 unspecified atom stereocenters. The largest absolute Gasteiger partial charge is 0.368 e. The molecule has 0 heterocycles. The second-order valence-electron chi connectivity index (χ2n) is 4.08. The average molecular weight is 215 g/mol. The summed E-state index contributed by atoms with van der Waals surface area (Å²) in [4.78, 5) is 24.1. The van der Waals surface area contributed by atoms with E-state index in [0.29, 0.717) is 12.3 Å². The van der Waals surface area contributed by atoms with Crippen LogP contribution in [0.3, 0.4) is 0 Å². The Balaban J connectivity index is 4.47. The Kier molecular flexibility index (Phi) is 5.93. The van der Waals surface area contributed by atoms with Gasteiger partial charge in [-0.15, -0.1) is 0 Å². The number of likely N-dealkylation sites (N-methyl/N-ethyl adjacent to an activating group) is 2. The Morgan fingerprint density at radius 3 is 2.27 bits per heavy atom. The summed E-state index contributed by atoms with van der Waals surface area (Å²) < 4.78 is 0. The van der Waals surface area contributed by atoms with Crippen molar-refractivity contribution in [2.24, 2.45) is 11.7 Å². The summed E-state index contributed by atoms with van der Waals surface area (Å²) in [7, 11) is 3.30. The summed E-state index contributed by atoms with van der Waals surface area (Å²) in [6.45, 7) is 4.21. The molecule has 0 aliphatic carbocycles. The molecule has 1 atom stereocenters. The lowest BCUT2D eigenvalue weighted by Gasteiger charge is -2.26. The van der Waals surface area contributed by atoms with Crippen molar-refractivity contribution in [1.82, 2.24) is 10.2 Å². The van der Waals surface area contributed by atoms with Gasteiger partial charge in [-0.3, -0.25) is 9.59 Å². The van der Waals surface area contributed by atoms with Crippen molar-refractivity contribution in [2.75, 3.05) is 20.6 Å². The summed E-state index contributed by atoms with van der Waals surface area (Å²) in [6.07, 6.45) is 0.598. The van der Waals surface area contributed by atoms with Gasteiger partial charge in [-0.1, -0.05) is 13.8 Å². The van der Waals surface area contributed by atoms with Crippen molar-refractivity contribution in [3.8, 4) is 0 Å². The molecule has 0 bridgehead atoms. The topological polar surface area (TPSA) is 75.4 Å². The number of amides is 2. The molecule has 88 valence electrons. The maximum Gasteiger partial charge on any atom is 0.240 e. The lowest BCUT2D eigenvalue weighted by Crippen LogP contribution is -2.48. The van der Waals surface area contributed by atoms with Crippen molar-refractivity contribution >= 4 is 11.8 Å². The van der Waals surface area contributed by atoms with Gasteiger partial charge in [0.25, 0.3) is 0 Å². The zero-order valence-electron chi connectivity index (χ0n) is 9.91. The molecule has 0 saturated carbocycles. The molecule has 5 nitrogen and oxygen atoms in total. The number of rotatable bonds is 6. The summed E-state index contributed by atoms with van der Waals surface area (Å²) in [5.41, 5.74) is 5.27. The van der Waals surface area contributed by atoms with E-state index in [-0.39, 0.29) is 12.5 Å². The van der Waals surface area contributed by atoms with Crippen LogP contribution in [-0.4, -0.2) is 43.4 Å². The van der Waals surface area contributed by atoms with Crippen LogP contribution in [0.2, 0.25) is 0 Å². The number of nitrogens with zero attached hydrogens (tertiary/aromatic N) is 1. The van der Waals surface area contributed by atoms with Crippen molar-refractivity contribution in [3.63, 3.8) is 0 Å². The minimum atomic E-state index is -0.508. The minimum Gasteiger partial charge on any atom is -0.368 e. The molecule has 15 heavy (non-hydrogen) atoms. The van der Waals surface area contributed by atoms with E-state index in [1.165, 1.54) is 4.90 Å². The minimum absolute atomic E-state index is 0.123. The zero-order chi connectivity index (χ0) is 12.0. The fraction of sp³-hybridized carbons (Fsp3) is 0.800. The van der Waals surface area contributed by atoms with Gasteiger partial charge in [0, 0.05) is 7.05 Å². The number of nitrogens with two attached hydrogens (primary N) is 1. The summed E-state index contributed by atoms with van der Waals surface area (Å²) in [5.74, 6) is -0.245. The first-order valence-corrected chi connectivity index (χ1v) is 5.09. The van der Waals surface area contributed by atoms with E-state index in [2.05, 4.69) is 5.32 Å². The van der Waals surface area contributed by atoms with Gasteiger partial charge in [0.05, 0.1) is 6.54 Å². The lowest BCUT2D eigenvalue weighted by atomic mass is 10.0. The molecule has 3 N–H and O–H groups in total. The van der Waals surface area contributed by atoms with Crippen LogP contribution in [-0.2, 0) is 9.59 Å². The number of nitrogens with one attached hydrogen (secondary N) is 1. The van der Waals surface area contributed by atoms with E-state index >= 15 is 0 Å². The molecule has 2 amide bonds. The molecule has 0 fully saturated rings. The second-order valence-corrected chi connectivity index (χ2v) is 4.08. The molecular formula is C10H21N3O2. The number of hydrogen-bond donors (Lipinski definition) is 2. The van der Waals surface area contributed by atoms with E-state index in [0.717, 1.165) is 0 Å². The second kappa shape index (κ2) is 6.40. The summed E-state index contributed by atoms with van der Waals surface area (Å²) >= 11 is 0. The predicted octanol–water partition coefficient (Wildman–Crippen LogP) is -0.436. The molecule has 0 aromatic rings. The lowest BCUT2D eigenvalue weighted by molar-refractivity contribution is -0.137. The maximum absolute atomic E-state index is 11.5. The highest BCUT2D eigenvalue weighted by atomic mass is 16.2. The van der Waals surface area contributed by atoms with Gasteiger partial charge in [-0.25, -0.2) is 0 Å². The Hall–Kier alpha value is -1.10. The fourth-order valence-corrected chi connectivity index (χ4v) is 1.36. The standard InChI is InChI=1S/C10H21N3O2/c1-7(2)5-8(10(11)15)13(4)9(14)6-12-3/h7-8,12H,5-6H2,1-4H3,(H2,11,15)/t8-/m0/s1. The third-order valence-electron chi connectivity index (χ3n) is 2.21. The van der Waals surface area contributed by atoms with Crippen LogP contribution in [0.5, 0.6) is 0 Å². The third kappa shape index (κ3) is 4.78. The first-order valence-electron chi connectivity index (χ1n) is 5.09. The molecule has 0 rings (SSSR count). The van der Waals surface area contributed by atoms with Crippen LogP contribution >= 0.6 is 0 Å². The van der Waals surface area contributed by atoms with Crippen LogP contribution in [0, 0.1) is 5.92 Å². The van der Waals surface area contributed by atoms with Crippen LogP contribution in [0.25, 0.3) is 0 Å². The molecule has 0 saturated heterocycles. The van der Waals surface area contributed by atoms with Gasteiger partial charge >= 0.3 is 0 Å². The zero-order valence-corrected chi connectivity index (χ0v) is 9.91. The molecule has 0 spiro atoms. The first kappa shape index (κ1) is 13.9. The Labute approximate surface area is 91.0 Å². The number of carbonyl (C=O) groups excluding carboxylic acids is 2. The predicted molar refractivity (Wildman–Crippen MR) is 59.1 cm³/mol. The van der Waals surface area contributed by atoms with E-state index in [9.17, 15) is 9.59 Å². The Morgan fingerprint density at radius 2 is 1.93 bits per heavy atom. The molecule has 5 heteroatoms. The van der Waals surface area contributed by atoms with Crippen LogP contribution < -0.4 is 11.1 Å². The first-order chi connectivity index (χ1) is 6.90. The van der Waals surface area contributed by atoms with E-state index in [1.807, 2.05) is 13.8 Å². The van der Waals surface area contributed by atoms with Gasteiger partial charge in [0.2, 0.25) is 11.8 Å². The number of carbonyl (C=O) groups is 2. The molecular weight excluding hydrogens is 194 g/mol. The fourth-order valence-electron chi connectivity index (χ4n) is 1.36. The molecule has 0 aliphatic rings. The van der Waals surface area contributed by atoms with Gasteiger partial charge < -0.3 is 16.0 Å². The van der Waals surface area contributed by atoms with Crippen LogP contribution in [0.4, 0.5) is 0 Å². The summed E-state index contributed by atoms with van der Waals surface area (Å²) in [5, 5.41) is 2.75. The van der Waals surface area contributed by atoms with Crippen molar-refractivity contribution < 1.29 is 9.59 Å². The van der Waals surface area contributed by atoms with E-state index in [4.69, 9.17) is 5.73 Å². The van der Waals surface area contributed by atoms with E-state index in [1.54, 1.807) is 14.1 Å². The normalized spacial score (nSPS) is 12.6. The van der Waals surface area contributed by atoms with Crippen LogP contribution in [0.1, 0.15) is 20.3 Å². The Morgan fingerprint density at radius 1 is 1.40 bits per heavy atom. The highest BCUT2D eigenvalue weighted by molar-refractivity contribution is 5.87. The quantitative estimate of drug-likeness (QED) is 0.631. The number of hydrogen-bond acceptors (Lipinski definition) is 3. The van der Waals surface area contributed by atoms with Gasteiger partial charge in [0.15, 0.2) is 0 Å². The van der Waals surface area contributed by atoms with Crippen molar-refractivity contribution in [2.45, 2.75) is 26.3 Å². The van der Waals surface area contributed by atoms with Gasteiger partial charge in [0.1, 0.15) is 6.04 Å². The third-order valence-corrected chi connectivity index (χ3v) is 2.21. The molecule has 0 aromatic carbocycles. The van der Waals surface area contributed by atoms with Gasteiger partial charge in [-0.05, 0) is 19.4 Å². The number of primary amides is 1. The van der Waals surface area contributed by atoms with Crippen molar-refractivity contribution in [1.29, 1.82) is 0 Å². The summed E-state index contributed by atoms with van der Waals surface area (Å²) in [6, 6.07) is -0.508. The smallest absolute Gasteiger partial charge is 0.240 e. The monoisotopic (exact) mass is 215 g/mol. The Bertz CT molecular complexity index is 229. The molecule has 0 radical (unpaired) electrons. The van der Waals surface area contributed by atoms with Crippen molar-refractivity contribution in [3.05, 3.63) is 0 Å². The SMILES string of the molecule is CNCC(=O)N(C)[C@@H](CC(C)C)C(N)=O. The van der Waals surface area contributed by atoms with Crippen LogP contribution in [0.15, 0.2) is 0 Å². The molecule has 0 aliphatic heterocycles. The molecule has 0 aromatic heterocycles. The van der Waals surface area contributed by atoms with E-state index < -0.39 is 11.9 Å². The highest BCUT2D eigenvalue weighted by Gasteiger charge is 2.24. The maximum atomic E-state index is 11.5. The average Bonchev–Trinajstić information content (AvgIpc) is 2.12. The highest BCUT2D eigenvalue weighted by Crippen LogP contribution is 2.09. The van der Waals surface area contributed by atoms with Gasteiger partial charge in [-0.2, -0.15) is 0 Å².